The van der Waals surface area contributed by atoms with E-state index in [1.54, 1.807) is 12.1 Å². The molecule has 0 radical (unpaired) electrons. The van der Waals surface area contributed by atoms with Crippen molar-refractivity contribution in [1.82, 2.24) is 0 Å². The predicted molar refractivity (Wildman–Crippen MR) is 75.5 cm³/mol. The second-order valence-electron chi connectivity index (χ2n) is 5.23. The number of carbonyl (C=O) groups is 1. The van der Waals surface area contributed by atoms with Crippen molar-refractivity contribution in [3.8, 4) is 0 Å². The van der Waals surface area contributed by atoms with Crippen molar-refractivity contribution in [1.29, 1.82) is 0 Å². The molecule has 0 atom stereocenters. The molecule has 2 aliphatic heterocycles. The molecule has 108 valence electrons. The molecule has 2 fully saturated rings. The van der Waals surface area contributed by atoms with Crippen LogP contribution in [0.3, 0.4) is 0 Å². The van der Waals surface area contributed by atoms with Gasteiger partial charge >= 0.3 is 0 Å². The van der Waals surface area contributed by atoms with Crippen LogP contribution in [0, 0.1) is 0 Å². The number of primary amides is 1. The highest BCUT2D eigenvalue weighted by atomic mass is 16.7. The van der Waals surface area contributed by atoms with E-state index in [4.69, 9.17) is 20.9 Å². The Hall–Kier alpha value is -1.79. The van der Waals surface area contributed by atoms with E-state index in [9.17, 15) is 4.79 Å². The maximum atomic E-state index is 11.1. The lowest BCUT2D eigenvalue weighted by Gasteiger charge is -2.39. The first-order valence-corrected chi connectivity index (χ1v) is 6.82. The Labute approximate surface area is 117 Å². The minimum absolute atomic E-state index is 0.390. The van der Waals surface area contributed by atoms with Crippen LogP contribution in [-0.4, -0.2) is 38.0 Å². The van der Waals surface area contributed by atoms with Gasteiger partial charge in [0.15, 0.2) is 5.79 Å². The number of hydrogen-bond donors (Lipinski definition) is 2. The number of anilines is 2. The zero-order chi connectivity index (χ0) is 14.2. The zero-order valence-corrected chi connectivity index (χ0v) is 11.3. The summed E-state index contributed by atoms with van der Waals surface area (Å²) in [6.07, 6.45) is 1.65. The summed E-state index contributed by atoms with van der Waals surface area (Å²) >= 11 is 0. The highest BCUT2D eigenvalue weighted by Crippen LogP contribution is 2.35. The molecule has 1 amide bonds. The van der Waals surface area contributed by atoms with E-state index >= 15 is 0 Å². The molecule has 4 N–H and O–H groups in total. The Balaban J connectivity index is 1.73. The van der Waals surface area contributed by atoms with Gasteiger partial charge in [-0.2, -0.15) is 0 Å². The summed E-state index contributed by atoms with van der Waals surface area (Å²) in [4.78, 5) is 13.3. The van der Waals surface area contributed by atoms with Gasteiger partial charge in [-0.05, 0) is 18.2 Å². The summed E-state index contributed by atoms with van der Waals surface area (Å²) in [7, 11) is 0. The first kappa shape index (κ1) is 13.2. The SMILES string of the molecule is NC(=O)c1ccc(N2CCC3(CC2)OCCO3)c(N)c1. The zero-order valence-electron chi connectivity index (χ0n) is 11.3. The van der Waals surface area contributed by atoms with Crippen LogP contribution in [0.2, 0.25) is 0 Å². The molecule has 6 heteroatoms. The number of nitrogens with two attached hydrogens (primary N) is 2. The molecule has 0 unspecified atom stereocenters. The Kier molecular flexibility index (Phi) is 3.27. The quantitative estimate of drug-likeness (QED) is 0.777. The van der Waals surface area contributed by atoms with Crippen LogP contribution in [0.1, 0.15) is 23.2 Å². The smallest absolute Gasteiger partial charge is 0.248 e. The molecule has 2 aliphatic rings. The molecule has 0 saturated carbocycles. The van der Waals surface area contributed by atoms with Crippen LogP contribution in [0.15, 0.2) is 18.2 Å². The number of benzene rings is 1. The lowest BCUT2D eigenvalue weighted by Crippen LogP contribution is -2.45. The van der Waals surface area contributed by atoms with Crippen molar-refractivity contribution >= 4 is 17.3 Å². The van der Waals surface area contributed by atoms with Crippen molar-refractivity contribution in [2.24, 2.45) is 5.73 Å². The van der Waals surface area contributed by atoms with E-state index in [2.05, 4.69) is 4.90 Å². The van der Waals surface area contributed by atoms with Crippen molar-refractivity contribution in [3.05, 3.63) is 23.8 Å². The number of nitrogen functional groups attached to an aromatic ring is 1. The number of nitrogens with zero attached hydrogens (tertiary/aromatic N) is 1. The third kappa shape index (κ3) is 2.32. The fourth-order valence-electron chi connectivity index (χ4n) is 2.87. The van der Waals surface area contributed by atoms with Gasteiger partial charge in [0, 0.05) is 31.5 Å². The molecule has 3 rings (SSSR count). The molecule has 1 spiro atoms. The summed E-state index contributed by atoms with van der Waals surface area (Å²) in [5.41, 5.74) is 13.2. The van der Waals surface area contributed by atoms with Crippen LogP contribution in [-0.2, 0) is 9.47 Å². The normalized spacial score (nSPS) is 21.3. The summed E-state index contributed by atoms with van der Waals surface area (Å²) in [6.45, 7) is 2.99. The molecule has 2 saturated heterocycles. The van der Waals surface area contributed by atoms with Crippen LogP contribution < -0.4 is 16.4 Å². The van der Waals surface area contributed by atoms with Gasteiger partial charge in [-0.1, -0.05) is 0 Å². The molecule has 0 aliphatic carbocycles. The largest absolute Gasteiger partial charge is 0.397 e. The second kappa shape index (κ2) is 4.96. The predicted octanol–water partition coefficient (Wildman–Crippen LogP) is 0.711. The third-order valence-electron chi connectivity index (χ3n) is 3.99. The van der Waals surface area contributed by atoms with Crippen molar-refractivity contribution in [3.63, 3.8) is 0 Å². The lowest BCUT2D eigenvalue weighted by atomic mass is 10.0. The number of rotatable bonds is 2. The Morgan fingerprint density at radius 3 is 2.40 bits per heavy atom. The monoisotopic (exact) mass is 277 g/mol. The van der Waals surface area contributed by atoms with Gasteiger partial charge in [-0.25, -0.2) is 0 Å². The van der Waals surface area contributed by atoms with Gasteiger partial charge in [0.05, 0.1) is 24.6 Å². The summed E-state index contributed by atoms with van der Waals surface area (Å²) < 4.78 is 11.4. The molecule has 2 heterocycles. The minimum Gasteiger partial charge on any atom is -0.397 e. The highest BCUT2D eigenvalue weighted by molar-refractivity contribution is 5.94. The van der Waals surface area contributed by atoms with E-state index in [-0.39, 0.29) is 0 Å². The van der Waals surface area contributed by atoms with Gasteiger partial charge in [-0.3, -0.25) is 4.79 Å². The molecule has 6 nitrogen and oxygen atoms in total. The fraction of sp³-hybridized carbons (Fsp3) is 0.500. The number of hydrogen-bond acceptors (Lipinski definition) is 5. The van der Waals surface area contributed by atoms with Crippen molar-refractivity contribution < 1.29 is 14.3 Å². The highest BCUT2D eigenvalue weighted by Gasteiger charge is 2.40. The van der Waals surface area contributed by atoms with Crippen LogP contribution in [0.5, 0.6) is 0 Å². The summed E-state index contributed by atoms with van der Waals surface area (Å²) in [5.74, 6) is -0.855. The number of carbonyl (C=O) groups excluding carboxylic acids is 1. The minimum atomic E-state index is -0.464. The summed E-state index contributed by atoms with van der Waals surface area (Å²) in [6, 6.07) is 5.19. The van der Waals surface area contributed by atoms with E-state index in [0.29, 0.717) is 24.5 Å². The van der Waals surface area contributed by atoms with Gasteiger partial charge in [-0.15, -0.1) is 0 Å². The van der Waals surface area contributed by atoms with Gasteiger partial charge in [0.2, 0.25) is 5.91 Å². The van der Waals surface area contributed by atoms with E-state index in [1.165, 1.54) is 0 Å². The van der Waals surface area contributed by atoms with Crippen molar-refractivity contribution in [2.45, 2.75) is 18.6 Å². The van der Waals surface area contributed by atoms with E-state index < -0.39 is 11.7 Å². The maximum Gasteiger partial charge on any atom is 0.248 e. The van der Waals surface area contributed by atoms with Crippen LogP contribution in [0.25, 0.3) is 0 Å². The molecular weight excluding hydrogens is 258 g/mol. The number of ether oxygens (including phenoxy) is 2. The lowest BCUT2D eigenvalue weighted by molar-refractivity contribution is -0.169. The summed E-state index contributed by atoms with van der Waals surface area (Å²) in [5, 5.41) is 0. The number of piperidine rings is 1. The molecule has 1 aromatic rings. The standard InChI is InChI=1S/C14H19N3O3/c15-11-9-10(13(16)18)1-2-12(11)17-5-3-14(4-6-17)19-7-8-20-14/h1-2,9H,3-8,15H2,(H2,16,18). The Morgan fingerprint density at radius 2 is 1.85 bits per heavy atom. The van der Waals surface area contributed by atoms with Gasteiger partial charge in [0.1, 0.15) is 0 Å². The second-order valence-corrected chi connectivity index (χ2v) is 5.23. The van der Waals surface area contributed by atoms with Gasteiger partial charge in [0.25, 0.3) is 0 Å². The molecule has 1 aromatic carbocycles. The maximum absolute atomic E-state index is 11.1. The number of amides is 1. The van der Waals surface area contributed by atoms with Crippen LogP contribution in [0.4, 0.5) is 11.4 Å². The molecule has 20 heavy (non-hydrogen) atoms. The Morgan fingerprint density at radius 1 is 1.20 bits per heavy atom. The molecule has 0 bridgehead atoms. The molecule has 0 aromatic heterocycles. The van der Waals surface area contributed by atoms with Crippen molar-refractivity contribution in [2.75, 3.05) is 36.9 Å². The van der Waals surface area contributed by atoms with Gasteiger partial charge < -0.3 is 25.8 Å². The Bertz CT molecular complexity index is 516. The first-order valence-electron chi connectivity index (χ1n) is 6.82. The average Bonchev–Trinajstić information content (AvgIpc) is 2.88. The van der Waals surface area contributed by atoms with E-state index in [0.717, 1.165) is 31.6 Å². The topological polar surface area (TPSA) is 90.8 Å². The first-order chi connectivity index (χ1) is 9.60. The molecular formula is C14H19N3O3. The third-order valence-corrected chi connectivity index (χ3v) is 3.99. The van der Waals surface area contributed by atoms with E-state index in [1.807, 2.05) is 6.07 Å². The fourth-order valence-corrected chi connectivity index (χ4v) is 2.87. The average molecular weight is 277 g/mol. The van der Waals surface area contributed by atoms with Crippen LogP contribution >= 0.6 is 0 Å².